The Morgan fingerprint density at radius 2 is 2.21 bits per heavy atom. The lowest BCUT2D eigenvalue weighted by atomic mass is 9.97. The fraction of sp³-hybridized carbons (Fsp3) is 0.600. The Bertz CT molecular complexity index is 448. The summed E-state index contributed by atoms with van der Waals surface area (Å²) in [4.78, 5) is 2.46. The number of piperazine rings is 1. The molecule has 2 rings (SSSR count). The van der Waals surface area contributed by atoms with Crippen LogP contribution in [0.1, 0.15) is 32.8 Å². The van der Waals surface area contributed by atoms with Gasteiger partial charge in [-0.2, -0.15) is 0 Å². The van der Waals surface area contributed by atoms with Gasteiger partial charge in [-0.15, -0.1) is 0 Å². The fourth-order valence-corrected chi connectivity index (χ4v) is 2.88. The summed E-state index contributed by atoms with van der Waals surface area (Å²) in [5, 5.41) is 3.78. The number of hydrogen-bond donors (Lipinski definition) is 1. The van der Waals surface area contributed by atoms with Crippen LogP contribution < -0.4 is 5.32 Å². The summed E-state index contributed by atoms with van der Waals surface area (Å²) in [5.74, 6) is -0.349. The summed E-state index contributed by atoms with van der Waals surface area (Å²) in [6.07, 6.45) is 1.11. The van der Waals surface area contributed by atoms with Gasteiger partial charge in [-0.1, -0.05) is 24.6 Å². The van der Waals surface area contributed by atoms with Gasteiger partial charge in [0.25, 0.3) is 0 Å². The van der Waals surface area contributed by atoms with Crippen LogP contribution in [0.2, 0.25) is 5.02 Å². The summed E-state index contributed by atoms with van der Waals surface area (Å²) < 4.78 is 13.2. The van der Waals surface area contributed by atoms with Gasteiger partial charge in [-0.25, -0.2) is 4.39 Å². The molecule has 0 radical (unpaired) electrons. The molecule has 0 amide bonds. The third-order valence-electron chi connectivity index (χ3n) is 3.77. The van der Waals surface area contributed by atoms with Crippen LogP contribution in [0.4, 0.5) is 4.39 Å². The molecule has 0 aromatic heterocycles. The zero-order chi connectivity index (χ0) is 14.0. The molecule has 106 valence electrons. The van der Waals surface area contributed by atoms with E-state index < -0.39 is 0 Å². The summed E-state index contributed by atoms with van der Waals surface area (Å²) in [6, 6.07) is 5.53. The molecule has 1 heterocycles. The normalized spacial score (nSPS) is 23.5. The Kier molecular flexibility index (Phi) is 4.49. The molecule has 1 fully saturated rings. The van der Waals surface area contributed by atoms with E-state index in [0.29, 0.717) is 6.04 Å². The van der Waals surface area contributed by atoms with E-state index in [1.165, 1.54) is 6.07 Å². The first-order chi connectivity index (χ1) is 8.91. The van der Waals surface area contributed by atoms with Crippen molar-refractivity contribution in [1.82, 2.24) is 10.2 Å². The first-order valence-electron chi connectivity index (χ1n) is 6.84. The molecule has 0 spiro atoms. The molecule has 1 atom stereocenters. The van der Waals surface area contributed by atoms with Gasteiger partial charge in [0.1, 0.15) is 5.82 Å². The van der Waals surface area contributed by atoms with Gasteiger partial charge in [0.15, 0.2) is 0 Å². The van der Waals surface area contributed by atoms with Crippen LogP contribution in [0.5, 0.6) is 0 Å². The topological polar surface area (TPSA) is 15.3 Å². The number of halogens is 2. The molecular weight excluding hydrogens is 263 g/mol. The zero-order valence-electron chi connectivity index (χ0n) is 11.8. The van der Waals surface area contributed by atoms with Gasteiger partial charge < -0.3 is 5.32 Å². The lowest BCUT2D eigenvalue weighted by Gasteiger charge is -2.44. The van der Waals surface area contributed by atoms with Crippen molar-refractivity contribution in [2.45, 2.75) is 45.3 Å². The van der Waals surface area contributed by atoms with E-state index in [-0.39, 0.29) is 16.4 Å². The molecular formula is C15H22ClFN2. The summed E-state index contributed by atoms with van der Waals surface area (Å²) in [5.41, 5.74) is 1.19. The molecule has 1 aliphatic rings. The highest BCUT2D eigenvalue weighted by atomic mass is 35.5. The highest BCUT2D eigenvalue weighted by molar-refractivity contribution is 6.30. The maximum absolute atomic E-state index is 13.2. The predicted molar refractivity (Wildman–Crippen MR) is 78.0 cm³/mol. The largest absolute Gasteiger partial charge is 0.309 e. The van der Waals surface area contributed by atoms with Gasteiger partial charge in [0, 0.05) is 31.2 Å². The quantitative estimate of drug-likeness (QED) is 0.915. The van der Waals surface area contributed by atoms with E-state index in [0.717, 1.165) is 31.6 Å². The molecule has 1 aromatic carbocycles. The molecule has 1 unspecified atom stereocenters. The summed E-state index contributed by atoms with van der Waals surface area (Å²) in [6.45, 7) is 9.44. The van der Waals surface area contributed by atoms with Crippen LogP contribution in [0.15, 0.2) is 18.2 Å². The highest BCUT2D eigenvalue weighted by Crippen LogP contribution is 2.22. The molecule has 0 saturated carbocycles. The molecule has 0 aliphatic carbocycles. The Labute approximate surface area is 119 Å². The fourth-order valence-electron chi connectivity index (χ4n) is 2.68. The Morgan fingerprint density at radius 1 is 1.47 bits per heavy atom. The number of rotatable bonds is 3. The van der Waals surface area contributed by atoms with Gasteiger partial charge in [0.05, 0.1) is 5.02 Å². The van der Waals surface area contributed by atoms with Crippen LogP contribution >= 0.6 is 11.6 Å². The van der Waals surface area contributed by atoms with Crippen molar-refractivity contribution in [3.63, 3.8) is 0 Å². The van der Waals surface area contributed by atoms with Crippen molar-refractivity contribution in [3.8, 4) is 0 Å². The summed E-state index contributed by atoms with van der Waals surface area (Å²) in [7, 11) is 0. The van der Waals surface area contributed by atoms with Crippen molar-refractivity contribution in [2.75, 3.05) is 13.1 Å². The average molecular weight is 285 g/mol. The standard InChI is InChI=1S/C15H22ClFN2/c1-4-12-8-18-15(2,3)10-19(12)9-11-5-6-14(17)13(16)7-11/h5-7,12,18H,4,8-10H2,1-3H3. The van der Waals surface area contributed by atoms with E-state index in [9.17, 15) is 4.39 Å². The minimum Gasteiger partial charge on any atom is -0.309 e. The van der Waals surface area contributed by atoms with E-state index in [2.05, 4.69) is 31.0 Å². The first-order valence-corrected chi connectivity index (χ1v) is 7.22. The molecule has 1 aliphatic heterocycles. The number of hydrogen-bond acceptors (Lipinski definition) is 2. The molecule has 2 nitrogen and oxygen atoms in total. The van der Waals surface area contributed by atoms with Gasteiger partial charge in [-0.05, 0) is 38.0 Å². The first kappa shape index (κ1) is 14.8. The average Bonchev–Trinajstić information content (AvgIpc) is 2.33. The molecule has 1 aromatic rings. The van der Waals surface area contributed by atoms with E-state index in [4.69, 9.17) is 11.6 Å². The van der Waals surface area contributed by atoms with E-state index in [1.54, 1.807) is 6.07 Å². The molecule has 1 N–H and O–H groups in total. The van der Waals surface area contributed by atoms with Crippen molar-refractivity contribution < 1.29 is 4.39 Å². The van der Waals surface area contributed by atoms with Crippen LogP contribution in [0.25, 0.3) is 0 Å². The lowest BCUT2D eigenvalue weighted by molar-refractivity contribution is 0.0858. The van der Waals surface area contributed by atoms with Crippen LogP contribution in [-0.2, 0) is 6.54 Å². The van der Waals surface area contributed by atoms with Crippen molar-refractivity contribution in [1.29, 1.82) is 0 Å². The second kappa shape index (κ2) is 5.78. The second-order valence-electron chi connectivity index (χ2n) is 5.98. The highest BCUT2D eigenvalue weighted by Gasteiger charge is 2.31. The monoisotopic (exact) mass is 284 g/mol. The maximum Gasteiger partial charge on any atom is 0.141 e. The predicted octanol–water partition coefficient (Wildman–Crippen LogP) is 3.44. The van der Waals surface area contributed by atoms with Gasteiger partial charge >= 0.3 is 0 Å². The minimum atomic E-state index is -0.349. The van der Waals surface area contributed by atoms with Crippen LogP contribution in [0, 0.1) is 5.82 Å². The van der Waals surface area contributed by atoms with Gasteiger partial charge in [-0.3, -0.25) is 4.90 Å². The third kappa shape index (κ3) is 3.68. The van der Waals surface area contributed by atoms with E-state index in [1.807, 2.05) is 6.07 Å². The van der Waals surface area contributed by atoms with Crippen LogP contribution in [0.3, 0.4) is 0 Å². The second-order valence-corrected chi connectivity index (χ2v) is 6.39. The molecule has 0 bridgehead atoms. The van der Waals surface area contributed by atoms with Gasteiger partial charge in [0.2, 0.25) is 0 Å². The SMILES string of the molecule is CCC1CNC(C)(C)CN1Cc1ccc(F)c(Cl)c1. The molecule has 4 heteroatoms. The lowest BCUT2D eigenvalue weighted by Crippen LogP contribution is -2.60. The van der Waals surface area contributed by atoms with Crippen LogP contribution in [-0.4, -0.2) is 29.6 Å². The Hall–Kier alpha value is -0.640. The summed E-state index contributed by atoms with van der Waals surface area (Å²) >= 11 is 5.85. The minimum absolute atomic E-state index is 0.121. The number of nitrogens with one attached hydrogen (secondary N) is 1. The third-order valence-corrected chi connectivity index (χ3v) is 4.06. The number of nitrogens with zero attached hydrogens (tertiary/aromatic N) is 1. The zero-order valence-corrected chi connectivity index (χ0v) is 12.6. The molecule has 1 saturated heterocycles. The Morgan fingerprint density at radius 3 is 2.84 bits per heavy atom. The van der Waals surface area contributed by atoms with Crippen molar-refractivity contribution >= 4 is 11.6 Å². The number of benzene rings is 1. The van der Waals surface area contributed by atoms with Crippen molar-refractivity contribution in [2.24, 2.45) is 0 Å². The maximum atomic E-state index is 13.2. The van der Waals surface area contributed by atoms with E-state index >= 15 is 0 Å². The Balaban J connectivity index is 2.12. The smallest absolute Gasteiger partial charge is 0.141 e. The van der Waals surface area contributed by atoms with Crippen molar-refractivity contribution in [3.05, 3.63) is 34.6 Å². The molecule has 19 heavy (non-hydrogen) atoms.